The average molecular weight is 385 g/mol. The molecule has 0 unspecified atom stereocenters. The summed E-state index contributed by atoms with van der Waals surface area (Å²) in [5, 5.41) is 3.20. The quantitative estimate of drug-likeness (QED) is 0.550. The molecule has 1 aromatic heterocycles. The second-order valence-electron chi connectivity index (χ2n) is 6.48. The largest absolute Gasteiger partial charge is 0.457 e. The van der Waals surface area contributed by atoms with Crippen LogP contribution in [-0.4, -0.2) is 41.0 Å². The van der Waals surface area contributed by atoms with Crippen LogP contribution in [0.25, 0.3) is 0 Å². The Balaban J connectivity index is 1.54. The van der Waals surface area contributed by atoms with Gasteiger partial charge in [0.1, 0.15) is 5.54 Å². The maximum Gasteiger partial charge on any atom is 0.374 e. The molecule has 0 radical (unpaired) electrons. The zero-order valence-corrected chi connectivity index (χ0v) is 15.1. The van der Waals surface area contributed by atoms with Crippen LogP contribution in [0.4, 0.5) is 4.79 Å². The van der Waals surface area contributed by atoms with E-state index in [1.807, 2.05) is 30.3 Å². The molecular formula is C19H19N3O6. The fraction of sp³-hybridized carbons (Fsp3) is 0.263. The zero-order chi connectivity index (χ0) is 20.1. The maximum atomic E-state index is 12.6. The van der Waals surface area contributed by atoms with Crippen LogP contribution < -0.4 is 10.7 Å². The minimum Gasteiger partial charge on any atom is -0.457 e. The molecule has 2 aromatic rings. The first-order valence-corrected chi connectivity index (χ1v) is 8.60. The number of esters is 1. The van der Waals surface area contributed by atoms with Crippen molar-refractivity contribution < 1.29 is 28.3 Å². The van der Waals surface area contributed by atoms with Gasteiger partial charge in [0.05, 0.1) is 6.26 Å². The Morgan fingerprint density at radius 2 is 1.93 bits per heavy atom. The van der Waals surface area contributed by atoms with Crippen molar-refractivity contribution in [3.63, 3.8) is 0 Å². The molecule has 9 heteroatoms. The van der Waals surface area contributed by atoms with E-state index < -0.39 is 36.0 Å². The summed E-state index contributed by atoms with van der Waals surface area (Å²) >= 11 is 0. The van der Waals surface area contributed by atoms with Crippen LogP contribution in [0.3, 0.4) is 0 Å². The van der Waals surface area contributed by atoms with E-state index in [0.29, 0.717) is 17.9 Å². The number of carbonyl (C=O) groups is 4. The third-order valence-corrected chi connectivity index (χ3v) is 4.31. The van der Waals surface area contributed by atoms with E-state index >= 15 is 0 Å². The van der Waals surface area contributed by atoms with Crippen LogP contribution in [0, 0.1) is 0 Å². The van der Waals surface area contributed by atoms with Gasteiger partial charge in [-0.15, -0.1) is 0 Å². The van der Waals surface area contributed by atoms with Crippen molar-refractivity contribution in [3.8, 4) is 0 Å². The summed E-state index contributed by atoms with van der Waals surface area (Å²) in [5.74, 6) is -2.30. The van der Waals surface area contributed by atoms with Gasteiger partial charge in [-0.2, -0.15) is 5.01 Å². The van der Waals surface area contributed by atoms with Crippen molar-refractivity contribution in [2.75, 3.05) is 6.61 Å². The van der Waals surface area contributed by atoms with E-state index in [2.05, 4.69) is 10.7 Å². The van der Waals surface area contributed by atoms with E-state index in [1.165, 1.54) is 18.4 Å². The van der Waals surface area contributed by atoms with Gasteiger partial charge in [0.15, 0.2) is 6.61 Å². The lowest BCUT2D eigenvalue weighted by Crippen LogP contribution is -2.50. The summed E-state index contributed by atoms with van der Waals surface area (Å²) in [6.45, 7) is 0.927. The number of ether oxygens (including phenoxy) is 1. The molecule has 0 aliphatic carbocycles. The molecule has 1 aliphatic rings. The van der Waals surface area contributed by atoms with Gasteiger partial charge in [-0.1, -0.05) is 30.3 Å². The summed E-state index contributed by atoms with van der Waals surface area (Å²) in [7, 11) is 0. The number of rotatable bonds is 7. The first-order chi connectivity index (χ1) is 13.4. The number of amides is 4. The highest BCUT2D eigenvalue weighted by atomic mass is 16.5. The molecule has 2 heterocycles. The number of urea groups is 1. The first-order valence-electron chi connectivity index (χ1n) is 8.60. The second-order valence-corrected chi connectivity index (χ2v) is 6.48. The standard InChI is InChI=1S/C19H19N3O6/c1-19(10-9-13-6-3-2-4-7-13)17(25)22(18(26)20-19)21-15(23)12-28-16(24)14-8-5-11-27-14/h2-8,11H,9-10,12H2,1H3,(H,20,26)(H,21,23)/t19-/m1/s1. The SMILES string of the molecule is C[C@]1(CCc2ccccc2)NC(=O)N(NC(=O)COC(=O)c2ccco2)C1=O. The number of nitrogens with zero attached hydrogens (tertiary/aromatic N) is 1. The molecule has 9 nitrogen and oxygen atoms in total. The number of furan rings is 1. The molecule has 1 fully saturated rings. The number of hydrogen-bond acceptors (Lipinski definition) is 6. The molecule has 1 saturated heterocycles. The van der Waals surface area contributed by atoms with Crippen molar-refractivity contribution >= 4 is 23.8 Å². The van der Waals surface area contributed by atoms with Crippen LogP contribution in [0.5, 0.6) is 0 Å². The van der Waals surface area contributed by atoms with Crippen molar-refractivity contribution in [2.24, 2.45) is 0 Å². The number of nitrogens with one attached hydrogen (secondary N) is 2. The molecule has 4 amide bonds. The molecule has 1 aromatic carbocycles. The zero-order valence-electron chi connectivity index (χ0n) is 15.1. The van der Waals surface area contributed by atoms with Gasteiger partial charge in [-0.3, -0.25) is 15.0 Å². The molecule has 1 aliphatic heterocycles. The highest BCUT2D eigenvalue weighted by Crippen LogP contribution is 2.22. The highest BCUT2D eigenvalue weighted by molar-refractivity contribution is 6.07. The van der Waals surface area contributed by atoms with Gasteiger partial charge in [0.2, 0.25) is 5.76 Å². The number of aryl methyl sites for hydroxylation is 1. The minimum atomic E-state index is -1.15. The number of carbonyl (C=O) groups excluding carboxylic acids is 4. The number of benzene rings is 1. The highest BCUT2D eigenvalue weighted by Gasteiger charge is 2.48. The van der Waals surface area contributed by atoms with Crippen LogP contribution in [0.2, 0.25) is 0 Å². The summed E-state index contributed by atoms with van der Waals surface area (Å²) < 4.78 is 9.62. The molecule has 1 atom stereocenters. The van der Waals surface area contributed by atoms with E-state index in [1.54, 1.807) is 6.92 Å². The van der Waals surface area contributed by atoms with E-state index in [-0.39, 0.29) is 5.76 Å². The van der Waals surface area contributed by atoms with E-state index in [9.17, 15) is 19.2 Å². The van der Waals surface area contributed by atoms with Crippen molar-refractivity contribution in [3.05, 3.63) is 60.1 Å². The van der Waals surface area contributed by atoms with Crippen molar-refractivity contribution in [1.29, 1.82) is 0 Å². The molecule has 3 rings (SSSR count). The van der Waals surface area contributed by atoms with Gasteiger partial charge < -0.3 is 14.5 Å². The smallest absolute Gasteiger partial charge is 0.374 e. The molecule has 0 saturated carbocycles. The predicted molar refractivity (Wildman–Crippen MR) is 95.7 cm³/mol. The normalized spacial score (nSPS) is 18.7. The maximum absolute atomic E-state index is 12.6. The Morgan fingerprint density at radius 1 is 1.18 bits per heavy atom. The Labute approximate surface area is 160 Å². The minimum absolute atomic E-state index is 0.0590. The van der Waals surface area contributed by atoms with Gasteiger partial charge >= 0.3 is 12.0 Å². The molecule has 28 heavy (non-hydrogen) atoms. The van der Waals surface area contributed by atoms with Crippen LogP contribution in [-0.2, 0) is 20.7 Å². The fourth-order valence-electron chi connectivity index (χ4n) is 2.75. The number of imide groups is 1. The fourth-order valence-corrected chi connectivity index (χ4v) is 2.75. The van der Waals surface area contributed by atoms with Gasteiger partial charge in [0.25, 0.3) is 11.8 Å². The summed E-state index contributed by atoms with van der Waals surface area (Å²) in [5.41, 5.74) is 2.04. The lowest BCUT2D eigenvalue weighted by atomic mass is 9.93. The van der Waals surface area contributed by atoms with E-state index in [4.69, 9.17) is 9.15 Å². The average Bonchev–Trinajstić information content (AvgIpc) is 3.29. The summed E-state index contributed by atoms with van der Waals surface area (Å²) in [4.78, 5) is 48.4. The van der Waals surface area contributed by atoms with E-state index in [0.717, 1.165) is 5.56 Å². The molecule has 0 spiro atoms. The van der Waals surface area contributed by atoms with Crippen LogP contribution in [0.1, 0.15) is 29.5 Å². The monoisotopic (exact) mass is 385 g/mol. The lowest BCUT2D eigenvalue weighted by molar-refractivity contribution is -0.140. The van der Waals surface area contributed by atoms with Gasteiger partial charge in [-0.05, 0) is 37.5 Å². The van der Waals surface area contributed by atoms with Crippen LogP contribution >= 0.6 is 0 Å². The Hall–Kier alpha value is -3.62. The topological polar surface area (TPSA) is 118 Å². The first kappa shape index (κ1) is 19.2. The third kappa shape index (κ3) is 4.20. The van der Waals surface area contributed by atoms with Crippen molar-refractivity contribution in [2.45, 2.75) is 25.3 Å². The number of hydrazine groups is 1. The summed E-state index contributed by atoms with van der Waals surface area (Å²) in [6.07, 6.45) is 2.23. The van der Waals surface area contributed by atoms with Crippen molar-refractivity contribution in [1.82, 2.24) is 15.8 Å². The molecular weight excluding hydrogens is 366 g/mol. The number of hydrogen-bond donors (Lipinski definition) is 2. The summed E-state index contributed by atoms with van der Waals surface area (Å²) in [6, 6.07) is 11.7. The second kappa shape index (κ2) is 7.95. The van der Waals surface area contributed by atoms with Gasteiger partial charge in [0, 0.05) is 0 Å². The van der Waals surface area contributed by atoms with Crippen LogP contribution in [0.15, 0.2) is 53.1 Å². The lowest BCUT2D eigenvalue weighted by Gasteiger charge is -2.21. The Bertz CT molecular complexity index is 880. The van der Waals surface area contributed by atoms with Gasteiger partial charge in [-0.25, -0.2) is 9.59 Å². The third-order valence-electron chi connectivity index (χ3n) is 4.31. The molecule has 2 N–H and O–H groups in total. The Morgan fingerprint density at radius 3 is 2.61 bits per heavy atom. The molecule has 146 valence electrons. The predicted octanol–water partition coefficient (Wildman–Crippen LogP) is 1.41. The Kier molecular flexibility index (Phi) is 5.44. The molecule has 0 bridgehead atoms.